The van der Waals surface area contributed by atoms with E-state index in [1.807, 2.05) is 61.4 Å². The largest absolute Gasteiger partial charge is 0.438 e. The molecule has 0 spiro atoms. The highest BCUT2D eigenvalue weighted by atomic mass is 31.2. The number of carbonyl (C=O) groups excluding carboxylic acids is 1. The first kappa shape index (κ1) is 43.8. The highest BCUT2D eigenvalue weighted by molar-refractivity contribution is 7.71. The minimum Gasteiger partial charge on any atom is -0.381 e. The maximum Gasteiger partial charge on any atom is 0.438 e. The minimum absolute atomic E-state index is 0.0248. The van der Waals surface area contributed by atoms with Crippen LogP contribution in [0.1, 0.15) is 116 Å². The third-order valence-electron chi connectivity index (χ3n) is 14.8. The summed E-state index contributed by atoms with van der Waals surface area (Å²) < 4.78 is 46.7. The first-order valence-electron chi connectivity index (χ1n) is 23.2. The summed E-state index contributed by atoms with van der Waals surface area (Å²) in [6.07, 6.45) is 8.05. The number of aromatic amines is 1. The second-order valence-electron chi connectivity index (χ2n) is 18.5. The van der Waals surface area contributed by atoms with Gasteiger partial charge in [-0.1, -0.05) is 38.9 Å². The molecular weight excluding hydrogens is 859 g/mol. The number of ether oxygens (including phenoxy) is 1. The van der Waals surface area contributed by atoms with Crippen molar-refractivity contribution >= 4 is 29.3 Å². The Morgan fingerprint density at radius 1 is 0.939 bits per heavy atom. The number of rotatable bonds is 11. The van der Waals surface area contributed by atoms with E-state index in [2.05, 4.69) is 35.3 Å². The molecule has 1 saturated carbocycles. The van der Waals surface area contributed by atoms with Gasteiger partial charge in [-0.05, 0) is 129 Å². The van der Waals surface area contributed by atoms with Crippen LogP contribution in [0.25, 0.3) is 28.1 Å². The van der Waals surface area contributed by atoms with Crippen LogP contribution in [-0.2, 0) is 27.7 Å². The lowest BCUT2D eigenvalue weighted by Crippen LogP contribution is -2.41. The molecule has 3 unspecified atom stereocenters. The summed E-state index contributed by atoms with van der Waals surface area (Å²) in [5.41, 5.74) is 5.77. The van der Waals surface area contributed by atoms with Gasteiger partial charge in [-0.2, -0.15) is 5.10 Å². The normalized spacial score (nSPS) is 20.0. The van der Waals surface area contributed by atoms with Gasteiger partial charge in [0.25, 0.3) is 5.91 Å². The van der Waals surface area contributed by atoms with Crippen molar-refractivity contribution in [3.63, 3.8) is 0 Å². The highest BCUT2D eigenvalue weighted by Crippen LogP contribution is 2.56. The van der Waals surface area contributed by atoms with E-state index in [4.69, 9.17) is 14.4 Å². The summed E-state index contributed by atoms with van der Waals surface area (Å²) in [5.74, 6) is -0.0111. The number of amides is 1. The molecule has 0 radical (unpaired) electrons. The fourth-order valence-electron chi connectivity index (χ4n) is 10.9. The number of nitrogens with one attached hydrogen (secondary N) is 1. The molecule has 2 fully saturated rings. The van der Waals surface area contributed by atoms with Gasteiger partial charge in [0, 0.05) is 72.7 Å². The van der Waals surface area contributed by atoms with E-state index in [0.717, 1.165) is 40.3 Å². The second-order valence-corrected chi connectivity index (χ2v) is 22.0. The number of fused-ring (bicyclic) bond motifs is 2. The molecule has 1 N–H and O–H groups in total. The van der Waals surface area contributed by atoms with Crippen LogP contribution in [0.5, 0.6) is 0 Å². The first-order valence-corrected chi connectivity index (χ1v) is 25.3. The van der Waals surface area contributed by atoms with Crippen molar-refractivity contribution in [1.82, 2.24) is 38.5 Å². The van der Waals surface area contributed by atoms with Crippen molar-refractivity contribution in [2.45, 2.75) is 98.1 Å². The van der Waals surface area contributed by atoms with E-state index in [1.165, 1.54) is 5.56 Å². The topological polar surface area (TPSA) is 155 Å². The van der Waals surface area contributed by atoms with Crippen molar-refractivity contribution in [3.05, 3.63) is 139 Å². The first-order chi connectivity index (χ1) is 31.7. The molecular formula is C50H56FN8O6P. The zero-order valence-electron chi connectivity index (χ0n) is 38.6. The average molecular weight is 915 g/mol. The molecule has 1 amide bonds. The standard InChI is InChI=1S/C50H56FN8O6P/c1-8-33-26-37(12-14-42(33)66(63,9-2)10-3)56-19-20-57(49(56)62)45-43-32(7)55(18-15-39(43)53-59(45)38-23-29(4)44(51)30(5)24-38)46(60)41-27-36-25-35(34-16-21-64-22-17-34)11-13-40(36)58(41)50(28-31(50)6)47-52-48(61)65-54-47/h11-14,19-20,23-27,31-32,34H,8-10,15-18,21-22,28H2,1-7H3,(H,52,54,61). The molecule has 7 aromatic rings. The van der Waals surface area contributed by atoms with E-state index in [-0.39, 0.29) is 23.3 Å². The number of nitrogens with zero attached hydrogens (tertiary/aromatic N) is 7. The zero-order valence-corrected chi connectivity index (χ0v) is 39.5. The Hall–Kier alpha value is -6.05. The molecule has 16 heteroatoms. The molecule has 2 aliphatic heterocycles. The van der Waals surface area contributed by atoms with Gasteiger partial charge in [0.1, 0.15) is 30.0 Å². The van der Waals surface area contributed by atoms with Crippen LogP contribution < -0.4 is 16.8 Å². The highest BCUT2D eigenvalue weighted by Gasteiger charge is 2.59. The van der Waals surface area contributed by atoms with Crippen LogP contribution in [0, 0.1) is 25.6 Å². The van der Waals surface area contributed by atoms with Gasteiger partial charge in [-0.25, -0.2) is 18.7 Å². The monoisotopic (exact) mass is 914 g/mol. The van der Waals surface area contributed by atoms with Crippen molar-refractivity contribution in [2.24, 2.45) is 5.92 Å². The number of imidazole rings is 1. The van der Waals surface area contributed by atoms with Crippen LogP contribution in [0.3, 0.4) is 0 Å². The van der Waals surface area contributed by atoms with Gasteiger partial charge in [-0.3, -0.25) is 23.4 Å². The fourth-order valence-corrected chi connectivity index (χ4v) is 13.1. The van der Waals surface area contributed by atoms with Crippen molar-refractivity contribution in [2.75, 3.05) is 32.1 Å². The van der Waals surface area contributed by atoms with Gasteiger partial charge in [0.05, 0.1) is 23.1 Å². The number of benzene rings is 3. The number of hydrogen-bond acceptors (Lipinski definition) is 8. The fraction of sp³-hybridized carbons (Fsp3) is 0.420. The Bertz CT molecular complexity index is 3210. The van der Waals surface area contributed by atoms with Gasteiger partial charge >= 0.3 is 11.4 Å². The predicted molar refractivity (Wildman–Crippen MR) is 251 cm³/mol. The van der Waals surface area contributed by atoms with Crippen molar-refractivity contribution in [3.8, 4) is 17.2 Å². The number of aromatic nitrogens is 7. The van der Waals surface area contributed by atoms with Crippen LogP contribution in [0.2, 0.25) is 0 Å². The Morgan fingerprint density at radius 3 is 2.30 bits per heavy atom. The van der Waals surface area contributed by atoms with Crippen molar-refractivity contribution < 1.29 is 23.0 Å². The molecule has 6 heterocycles. The summed E-state index contributed by atoms with van der Waals surface area (Å²) in [6.45, 7) is 15.1. The lowest BCUT2D eigenvalue weighted by atomic mass is 9.91. The molecule has 1 saturated heterocycles. The third-order valence-corrected chi connectivity index (χ3v) is 18.2. The van der Waals surface area contributed by atoms with E-state index in [0.29, 0.717) is 103 Å². The summed E-state index contributed by atoms with van der Waals surface area (Å²) in [5, 5.41) is 11.1. The van der Waals surface area contributed by atoms with Crippen LogP contribution in [0.15, 0.2) is 81.1 Å². The molecule has 4 aromatic heterocycles. The zero-order chi connectivity index (χ0) is 46.4. The lowest BCUT2D eigenvalue weighted by Gasteiger charge is -2.34. The number of aryl methyl sites for hydroxylation is 3. The van der Waals surface area contributed by atoms with E-state index >= 15 is 9.18 Å². The van der Waals surface area contributed by atoms with Crippen LogP contribution in [-0.4, -0.2) is 76.5 Å². The summed E-state index contributed by atoms with van der Waals surface area (Å²) in [7, 11) is -2.59. The Balaban J connectivity index is 1.11. The smallest absolute Gasteiger partial charge is 0.381 e. The molecule has 344 valence electrons. The summed E-state index contributed by atoms with van der Waals surface area (Å²) in [4.78, 5) is 47.5. The van der Waals surface area contributed by atoms with Gasteiger partial charge in [-0.15, -0.1) is 0 Å². The van der Waals surface area contributed by atoms with Gasteiger partial charge < -0.3 is 18.8 Å². The molecule has 14 nitrogen and oxygen atoms in total. The molecule has 1 aliphatic carbocycles. The maximum atomic E-state index is 15.5. The second kappa shape index (κ2) is 16.4. The van der Waals surface area contributed by atoms with E-state index in [1.54, 1.807) is 52.2 Å². The quantitative estimate of drug-likeness (QED) is 0.127. The Morgan fingerprint density at radius 2 is 1.65 bits per heavy atom. The van der Waals surface area contributed by atoms with Crippen LogP contribution in [0.4, 0.5) is 4.39 Å². The van der Waals surface area contributed by atoms with Crippen LogP contribution >= 0.6 is 7.14 Å². The molecule has 66 heavy (non-hydrogen) atoms. The summed E-state index contributed by atoms with van der Waals surface area (Å²) >= 11 is 0. The average Bonchev–Trinajstić information content (AvgIpc) is 3.82. The number of halogens is 1. The number of H-pyrrole nitrogens is 1. The Labute approximate surface area is 381 Å². The summed E-state index contributed by atoms with van der Waals surface area (Å²) in [6, 6.07) is 17.0. The van der Waals surface area contributed by atoms with E-state index in [9.17, 15) is 14.2 Å². The molecule has 3 aliphatic rings. The number of hydrogen-bond donors (Lipinski definition) is 1. The van der Waals surface area contributed by atoms with Gasteiger partial charge in [0.15, 0.2) is 5.82 Å². The molecule has 0 bridgehead atoms. The SMILES string of the molecule is CCc1cc(-n2ccn(-c3c4c(nn3-c3cc(C)c(F)c(C)c3)CCN(C(=O)c3cc5cc(C6CCOCC6)ccc5n3C3(c5noc(=O)[nH]5)CC3C)C4C)c2=O)ccc1P(=O)(CC)CC. The van der Waals surface area contributed by atoms with Crippen molar-refractivity contribution in [1.29, 1.82) is 0 Å². The lowest BCUT2D eigenvalue weighted by molar-refractivity contribution is 0.0663. The third kappa shape index (κ3) is 6.82. The predicted octanol–water partition coefficient (Wildman–Crippen LogP) is 8.23. The van der Waals surface area contributed by atoms with Gasteiger partial charge in [0.2, 0.25) is 0 Å². The number of carbonyl (C=O) groups is 1. The molecule has 10 rings (SSSR count). The molecule has 3 aromatic carbocycles. The minimum atomic E-state index is -2.59. The Kier molecular flexibility index (Phi) is 10.9. The molecule has 3 atom stereocenters. The maximum absolute atomic E-state index is 15.5. The van der Waals surface area contributed by atoms with E-state index < -0.39 is 24.5 Å².